The summed E-state index contributed by atoms with van der Waals surface area (Å²) in [4.78, 5) is 27.2. The van der Waals surface area contributed by atoms with Crippen molar-refractivity contribution < 1.29 is 14.3 Å². The SMILES string of the molecule is CC(=O)N(CCNC(=O)C1CC1)CCN1CCOCC1. The van der Waals surface area contributed by atoms with Crippen LogP contribution in [-0.4, -0.2) is 74.1 Å². The van der Waals surface area contributed by atoms with Crippen LogP contribution in [-0.2, 0) is 14.3 Å². The van der Waals surface area contributed by atoms with E-state index in [0.29, 0.717) is 19.6 Å². The van der Waals surface area contributed by atoms with Crippen LogP contribution in [0, 0.1) is 5.92 Å². The van der Waals surface area contributed by atoms with E-state index in [2.05, 4.69) is 10.2 Å². The van der Waals surface area contributed by atoms with Crippen molar-refractivity contribution in [1.82, 2.24) is 15.1 Å². The van der Waals surface area contributed by atoms with Gasteiger partial charge >= 0.3 is 0 Å². The summed E-state index contributed by atoms with van der Waals surface area (Å²) in [5.74, 6) is 0.440. The Bertz CT molecular complexity index is 339. The molecule has 1 saturated carbocycles. The van der Waals surface area contributed by atoms with Crippen molar-refractivity contribution in [3.05, 3.63) is 0 Å². The van der Waals surface area contributed by atoms with Gasteiger partial charge in [0.2, 0.25) is 11.8 Å². The van der Waals surface area contributed by atoms with E-state index in [9.17, 15) is 9.59 Å². The average Bonchev–Trinajstić information content (AvgIpc) is 3.27. The van der Waals surface area contributed by atoms with Gasteiger partial charge in [-0.25, -0.2) is 0 Å². The molecule has 1 aliphatic heterocycles. The van der Waals surface area contributed by atoms with E-state index in [1.54, 1.807) is 6.92 Å². The van der Waals surface area contributed by atoms with Crippen LogP contribution in [0.5, 0.6) is 0 Å². The lowest BCUT2D eigenvalue weighted by Gasteiger charge is -2.29. The van der Waals surface area contributed by atoms with Gasteiger partial charge in [-0.2, -0.15) is 0 Å². The van der Waals surface area contributed by atoms with E-state index in [1.807, 2.05) is 4.90 Å². The molecule has 114 valence electrons. The van der Waals surface area contributed by atoms with Gasteiger partial charge in [0.25, 0.3) is 0 Å². The molecule has 6 nitrogen and oxygen atoms in total. The molecule has 1 N–H and O–H groups in total. The molecule has 0 atom stereocenters. The van der Waals surface area contributed by atoms with Gasteiger partial charge in [0, 0.05) is 52.1 Å². The molecule has 2 fully saturated rings. The van der Waals surface area contributed by atoms with E-state index in [-0.39, 0.29) is 17.7 Å². The number of carbonyl (C=O) groups is 2. The second kappa shape index (κ2) is 7.59. The van der Waals surface area contributed by atoms with E-state index < -0.39 is 0 Å². The second-order valence-corrected chi connectivity index (χ2v) is 5.53. The highest BCUT2D eigenvalue weighted by Crippen LogP contribution is 2.28. The van der Waals surface area contributed by atoms with Crippen molar-refractivity contribution >= 4 is 11.8 Å². The first-order valence-corrected chi connectivity index (χ1v) is 7.50. The van der Waals surface area contributed by atoms with E-state index >= 15 is 0 Å². The monoisotopic (exact) mass is 283 g/mol. The third-order valence-corrected chi connectivity index (χ3v) is 3.86. The van der Waals surface area contributed by atoms with Crippen LogP contribution in [0.15, 0.2) is 0 Å². The Labute approximate surface area is 120 Å². The van der Waals surface area contributed by atoms with Gasteiger partial charge in [-0.3, -0.25) is 14.5 Å². The van der Waals surface area contributed by atoms with Crippen LogP contribution in [0.1, 0.15) is 19.8 Å². The molecular formula is C14H25N3O3. The molecule has 0 unspecified atom stereocenters. The zero-order chi connectivity index (χ0) is 14.4. The Balaban J connectivity index is 1.63. The van der Waals surface area contributed by atoms with Gasteiger partial charge in [0.15, 0.2) is 0 Å². The number of nitrogens with zero attached hydrogens (tertiary/aromatic N) is 2. The summed E-state index contributed by atoms with van der Waals surface area (Å²) in [6.07, 6.45) is 2.03. The van der Waals surface area contributed by atoms with Crippen LogP contribution in [0.3, 0.4) is 0 Å². The first-order chi connectivity index (χ1) is 9.66. The molecule has 2 amide bonds. The number of amides is 2. The molecule has 0 radical (unpaired) electrons. The van der Waals surface area contributed by atoms with Crippen LogP contribution >= 0.6 is 0 Å². The molecule has 20 heavy (non-hydrogen) atoms. The van der Waals surface area contributed by atoms with Gasteiger partial charge < -0.3 is 15.0 Å². The Hall–Kier alpha value is -1.14. The summed E-state index contributed by atoms with van der Waals surface area (Å²) in [7, 11) is 0. The first-order valence-electron chi connectivity index (χ1n) is 7.50. The normalized spacial score (nSPS) is 19.6. The summed E-state index contributed by atoms with van der Waals surface area (Å²) in [6, 6.07) is 0. The number of nitrogens with one attached hydrogen (secondary N) is 1. The maximum absolute atomic E-state index is 11.6. The fraction of sp³-hybridized carbons (Fsp3) is 0.857. The smallest absolute Gasteiger partial charge is 0.223 e. The van der Waals surface area contributed by atoms with Crippen LogP contribution < -0.4 is 5.32 Å². The molecule has 2 rings (SSSR count). The van der Waals surface area contributed by atoms with Gasteiger partial charge in [-0.1, -0.05) is 0 Å². The Kier molecular flexibility index (Phi) is 5.79. The van der Waals surface area contributed by atoms with Gasteiger partial charge in [-0.15, -0.1) is 0 Å². The van der Waals surface area contributed by atoms with Crippen LogP contribution in [0.25, 0.3) is 0 Å². The third kappa shape index (κ3) is 5.09. The first kappa shape index (κ1) is 15.3. The summed E-state index contributed by atoms with van der Waals surface area (Å²) in [5.41, 5.74) is 0. The largest absolute Gasteiger partial charge is 0.379 e. The molecule has 0 aromatic heterocycles. The van der Waals surface area contributed by atoms with Gasteiger partial charge in [-0.05, 0) is 12.8 Å². The van der Waals surface area contributed by atoms with Gasteiger partial charge in [0.1, 0.15) is 0 Å². The maximum atomic E-state index is 11.6. The van der Waals surface area contributed by atoms with Crippen molar-refractivity contribution in [2.45, 2.75) is 19.8 Å². The molecule has 1 heterocycles. The minimum atomic E-state index is 0.0685. The number of ether oxygens (including phenoxy) is 1. The highest BCUT2D eigenvalue weighted by molar-refractivity contribution is 5.80. The van der Waals surface area contributed by atoms with Crippen LogP contribution in [0.2, 0.25) is 0 Å². The van der Waals surface area contributed by atoms with Crippen molar-refractivity contribution in [1.29, 1.82) is 0 Å². The highest BCUT2D eigenvalue weighted by atomic mass is 16.5. The third-order valence-electron chi connectivity index (χ3n) is 3.86. The van der Waals surface area contributed by atoms with E-state index in [1.165, 1.54) is 0 Å². The van der Waals surface area contributed by atoms with Crippen molar-refractivity contribution in [3.8, 4) is 0 Å². The van der Waals surface area contributed by atoms with E-state index in [4.69, 9.17) is 4.74 Å². The molecule has 0 spiro atoms. The fourth-order valence-electron chi connectivity index (χ4n) is 2.32. The lowest BCUT2D eigenvalue weighted by molar-refractivity contribution is -0.130. The molecule has 6 heteroatoms. The number of hydrogen-bond donors (Lipinski definition) is 1. The molecule has 0 aromatic carbocycles. The molecule has 1 aliphatic carbocycles. The Morgan fingerprint density at radius 2 is 1.95 bits per heavy atom. The minimum Gasteiger partial charge on any atom is -0.379 e. The van der Waals surface area contributed by atoms with Gasteiger partial charge in [0.05, 0.1) is 13.2 Å². The number of hydrogen-bond acceptors (Lipinski definition) is 4. The minimum absolute atomic E-state index is 0.0685. The topological polar surface area (TPSA) is 61.9 Å². The summed E-state index contributed by atoms with van der Waals surface area (Å²) in [6.45, 7) is 7.75. The molecule has 1 saturated heterocycles. The van der Waals surface area contributed by atoms with Crippen molar-refractivity contribution in [3.63, 3.8) is 0 Å². The molecular weight excluding hydrogens is 258 g/mol. The lowest BCUT2D eigenvalue weighted by Crippen LogP contribution is -2.44. The zero-order valence-electron chi connectivity index (χ0n) is 12.3. The van der Waals surface area contributed by atoms with E-state index in [0.717, 1.165) is 45.7 Å². The zero-order valence-corrected chi connectivity index (χ0v) is 12.3. The second-order valence-electron chi connectivity index (χ2n) is 5.53. The molecule has 2 aliphatic rings. The summed E-state index contributed by atoms with van der Waals surface area (Å²) >= 11 is 0. The number of rotatable bonds is 7. The maximum Gasteiger partial charge on any atom is 0.223 e. The van der Waals surface area contributed by atoms with Crippen molar-refractivity contribution in [2.75, 3.05) is 52.5 Å². The van der Waals surface area contributed by atoms with Crippen molar-refractivity contribution in [2.24, 2.45) is 5.92 Å². The average molecular weight is 283 g/mol. The Morgan fingerprint density at radius 1 is 1.25 bits per heavy atom. The predicted molar refractivity (Wildman–Crippen MR) is 75.2 cm³/mol. The molecule has 0 bridgehead atoms. The number of carbonyl (C=O) groups excluding carboxylic acids is 2. The predicted octanol–water partition coefficient (Wildman–Crippen LogP) is -0.307. The summed E-state index contributed by atoms with van der Waals surface area (Å²) < 4.78 is 5.30. The standard InChI is InChI=1S/C14H25N3O3/c1-12(18)17(5-4-15-14(19)13-2-3-13)7-6-16-8-10-20-11-9-16/h13H,2-11H2,1H3,(H,15,19). The Morgan fingerprint density at radius 3 is 2.55 bits per heavy atom. The lowest BCUT2D eigenvalue weighted by atomic mass is 10.3. The highest BCUT2D eigenvalue weighted by Gasteiger charge is 2.29. The van der Waals surface area contributed by atoms with Crippen LogP contribution in [0.4, 0.5) is 0 Å². The molecule has 0 aromatic rings. The fourth-order valence-corrected chi connectivity index (χ4v) is 2.32. The summed E-state index contributed by atoms with van der Waals surface area (Å²) in [5, 5.41) is 2.90. The number of morpholine rings is 1. The quantitative estimate of drug-likeness (QED) is 0.696.